The highest BCUT2D eigenvalue weighted by molar-refractivity contribution is 7.10. The molecule has 0 aliphatic carbocycles. The molecule has 4 heterocycles. The van der Waals surface area contributed by atoms with Gasteiger partial charge in [0.05, 0.1) is 6.26 Å². The Bertz CT molecular complexity index is 924. The molecule has 2 aliphatic rings. The average Bonchev–Trinajstić information content (AvgIpc) is 3.49. The lowest BCUT2D eigenvalue weighted by Crippen LogP contribution is -2.40. The van der Waals surface area contributed by atoms with Gasteiger partial charge < -0.3 is 14.2 Å². The van der Waals surface area contributed by atoms with Crippen LogP contribution in [0.15, 0.2) is 58.5 Å². The first-order valence-electron chi connectivity index (χ1n) is 9.57. The van der Waals surface area contributed by atoms with Gasteiger partial charge in [-0.15, -0.1) is 11.3 Å². The average molecular weight is 378 g/mol. The zero-order valence-electron chi connectivity index (χ0n) is 15.1. The van der Waals surface area contributed by atoms with Crippen LogP contribution in [0.25, 0.3) is 0 Å². The third-order valence-electron chi connectivity index (χ3n) is 5.62. The van der Waals surface area contributed by atoms with E-state index in [2.05, 4.69) is 28.5 Å². The van der Waals surface area contributed by atoms with Gasteiger partial charge in [0.2, 0.25) is 0 Å². The highest BCUT2D eigenvalue weighted by atomic mass is 32.1. The second-order valence-corrected chi connectivity index (χ2v) is 8.21. The van der Waals surface area contributed by atoms with Crippen LogP contribution in [0.2, 0.25) is 0 Å². The zero-order valence-corrected chi connectivity index (χ0v) is 16.0. The molecule has 0 bridgehead atoms. The van der Waals surface area contributed by atoms with E-state index in [9.17, 15) is 4.79 Å². The van der Waals surface area contributed by atoms with Crippen molar-refractivity contribution < 1.29 is 9.21 Å². The van der Waals surface area contributed by atoms with Gasteiger partial charge in [-0.2, -0.15) is 0 Å². The molecule has 3 aromatic rings. The number of rotatable bonds is 3. The van der Waals surface area contributed by atoms with E-state index in [0.717, 1.165) is 30.8 Å². The number of furan rings is 1. The summed E-state index contributed by atoms with van der Waals surface area (Å²) in [6, 6.07) is 14.0. The molecule has 1 aromatic carbocycles. The lowest BCUT2D eigenvalue weighted by atomic mass is 9.96. The molecular formula is C22H22N2O2S. The first-order valence-corrected chi connectivity index (χ1v) is 10.4. The van der Waals surface area contributed by atoms with Crippen LogP contribution in [0.4, 0.5) is 5.69 Å². The van der Waals surface area contributed by atoms with Crippen LogP contribution >= 0.6 is 11.3 Å². The van der Waals surface area contributed by atoms with E-state index >= 15 is 0 Å². The summed E-state index contributed by atoms with van der Waals surface area (Å²) in [6.45, 7) is 2.94. The number of hydrogen-bond acceptors (Lipinski definition) is 4. The summed E-state index contributed by atoms with van der Waals surface area (Å²) in [7, 11) is 0. The molecule has 138 valence electrons. The van der Waals surface area contributed by atoms with Crippen LogP contribution in [-0.2, 0) is 6.42 Å². The van der Waals surface area contributed by atoms with Crippen LogP contribution in [-0.4, -0.2) is 30.4 Å². The van der Waals surface area contributed by atoms with Gasteiger partial charge in [0.15, 0.2) is 0 Å². The maximum Gasteiger partial charge on any atom is 0.254 e. The summed E-state index contributed by atoms with van der Waals surface area (Å²) in [5, 5.41) is 2.11. The standard InChI is InChI=1S/C22H22N2O2S/c25-22(16-5-7-17(8-6-16)23-11-1-2-12-23)24-13-9-20-18(10-15-27-20)21(24)19-4-3-14-26-19/h3-8,10,14-15,21H,1-2,9,11-13H2/t21-/m1/s1. The first kappa shape index (κ1) is 16.6. The highest BCUT2D eigenvalue weighted by Crippen LogP contribution is 2.38. The van der Waals surface area contributed by atoms with Gasteiger partial charge in [0.1, 0.15) is 11.8 Å². The van der Waals surface area contributed by atoms with Gasteiger partial charge in [-0.05, 0) is 72.7 Å². The van der Waals surface area contributed by atoms with E-state index in [0.29, 0.717) is 6.54 Å². The van der Waals surface area contributed by atoms with Gasteiger partial charge in [-0.25, -0.2) is 0 Å². The zero-order chi connectivity index (χ0) is 18.2. The Labute approximate surface area is 163 Å². The molecule has 0 radical (unpaired) electrons. The number of fused-ring (bicyclic) bond motifs is 1. The Kier molecular flexibility index (Phi) is 4.24. The molecule has 5 rings (SSSR count). The van der Waals surface area contributed by atoms with Crippen molar-refractivity contribution in [2.75, 3.05) is 24.5 Å². The fraction of sp³-hybridized carbons (Fsp3) is 0.318. The predicted octanol–water partition coefficient (Wildman–Crippen LogP) is 4.73. The number of thiophene rings is 1. The molecule has 0 spiro atoms. The van der Waals surface area contributed by atoms with Crippen LogP contribution in [0.1, 0.15) is 45.4 Å². The normalized spacial score (nSPS) is 19.3. The van der Waals surface area contributed by atoms with Crippen molar-refractivity contribution >= 4 is 22.9 Å². The highest BCUT2D eigenvalue weighted by Gasteiger charge is 2.34. The van der Waals surface area contributed by atoms with E-state index in [1.54, 1.807) is 17.6 Å². The number of benzene rings is 1. The Morgan fingerprint density at radius 3 is 2.59 bits per heavy atom. The van der Waals surface area contributed by atoms with Crippen molar-refractivity contribution in [3.63, 3.8) is 0 Å². The number of carbonyl (C=O) groups excluding carboxylic acids is 1. The molecule has 2 aromatic heterocycles. The van der Waals surface area contributed by atoms with Crippen LogP contribution in [0, 0.1) is 0 Å². The van der Waals surface area contributed by atoms with Crippen molar-refractivity contribution in [2.45, 2.75) is 25.3 Å². The molecule has 1 atom stereocenters. The van der Waals surface area contributed by atoms with Crippen LogP contribution < -0.4 is 4.90 Å². The number of anilines is 1. The molecular weight excluding hydrogens is 356 g/mol. The fourth-order valence-corrected chi connectivity index (χ4v) is 5.15. The number of hydrogen-bond donors (Lipinski definition) is 0. The Morgan fingerprint density at radius 1 is 1.04 bits per heavy atom. The third kappa shape index (κ3) is 2.96. The molecule has 0 unspecified atom stereocenters. The second-order valence-electron chi connectivity index (χ2n) is 7.21. The molecule has 4 nitrogen and oxygen atoms in total. The molecule has 2 aliphatic heterocycles. The molecule has 1 fully saturated rings. The minimum atomic E-state index is -0.138. The maximum atomic E-state index is 13.3. The van der Waals surface area contributed by atoms with Gasteiger partial charge >= 0.3 is 0 Å². The van der Waals surface area contributed by atoms with Crippen LogP contribution in [0.3, 0.4) is 0 Å². The summed E-state index contributed by atoms with van der Waals surface area (Å²) < 4.78 is 5.71. The Hall–Kier alpha value is -2.53. The monoisotopic (exact) mass is 378 g/mol. The molecule has 0 saturated carbocycles. The maximum absolute atomic E-state index is 13.3. The van der Waals surface area contributed by atoms with E-state index in [1.165, 1.54) is 29.0 Å². The molecule has 0 N–H and O–H groups in total. The van der Waals surface area contributed by atoms with Gasteiger partial charge in [-0.1, -0.05) is 0 Å². The fourth-order valence-electron chi connectivity index (χ4n) is 4.24. The molecule has 1 amide bonds. The quantitative estimate of drug-likeness (QED) is 0.661. The van der Waals surface area contributed by atoms with Crippen molar-refractivity contribution in [1.82, 2.24) is 4.90 Å². The van der Waals surface area contributed by atoms with Crippen molar-refractivity contribution in [2.24, 2.45) is 0 Å². The van der Waals surface area contributed by atoms with Gasteiger partial charge in [0, 0.05) is 35.8 Å². The number of nitrogens with zero attached hydrogens (tertiary/aromatic N) is 2. The number of carbonyl (C=O) groups is 1. The summed E-state index contributed by atoms with van der Waals surface area (Å²) in [6.07, 6.45) is 5.09. The Morgan fingerprint density at radius 2 is 1.85 bits per heavy atom. The van der Waals surface area contributed by atoms with Gasteiger partial charge in [0.25, 0.3) is 5.91 Å². The largest absolute Gasteiger partial charge is 0.467 e. The predicted molar refractivity (Wildman–Crippen MR) is 107 cm³/mol. The Balaban J connectivity index is 1.45. The number of amides is 1. The van der Waals surface area contributed by atoms with Crippen molar-refractivity contribution in [1.29, 1.82) is 0 Å². The molecule has 5 heteroatoms. The lowest BCUT2D eigenvalue weighted by molar-refractivity contribution is 0.0677. The third-order valence-corrected chi connectivity index (χ3v) is 6.62. The summed E-state index contributed by atoms with van der Waals surface area (Å²) in [4.78, 5) is 19.0. The van der Waals surface area contributed by atoms with E-state index < -0.39 is 0 Å². The first-order chi connectivity index (χ1) is 13.3. The van der Waals surface area contributed by atoms with E-state index in [4.69, 9.17) is 4.42 Å². The second kappa shape index (κ2) is 6.89. The summed E-state index contributed by atoms with van der Waals surface area (Å²) >= 11 is 1.77. The summed E-state index contributed by atoms with van der Waals surface area (Å²) in [5.41, 5.74) is 3.15. The minimum Gasteiger partial charge on any atom is -0.467 e. The van der Waals surface area contributed by atoms with Crippen LogP contribution in [0.5, 0.6) is 0 Å². The topological polar surface area (TPSA) is 36.7 Å². The summed E-state index contributed by atoms with van der Waals surface area (Å²) in [5.74, 6) is 0.901. The van der Waals surface area contributed by atoms with Crippen molar-refractivity contribution in [3.05, 3.63) is 75.9 Å². The smallest absolute Gasteiger partial charge is 0.254 e. The van der Waals surface area contributed by atoms with E-state index in [1.807, 2.05) is 29.2 Å². The molecule has 27 heavy (non-hydrogen) atoms. The SMILES string of the molecule is O=C(c1ccc(N2CCCC2)cc1)N1CCc2sccc2[C@@H]1c1ccco1. The minimum absolute atomic E-state index is 0.0706. The van der Waals surface area contributed by atoms with Crippen molar-refractivity contribution in [3.8, 4) is 0 Å². The van der Waals surface area contributed by atoms with E-state index in [-0.39, 0.29) is 11.9 Å². The van der Waals surface area contributed by atoms with Gasteiger partial charge in [-0.3, -0.25) is 4.79 Å². The lowest BCUT2D eigenvalue weighted by Gasteiger charge is -2.35. The molecule has 1 saturated heterocycles.